The summed E-state index contributed by atoms with van der Waals surface area (Å²) in [6.07, 6.45) is 5.11. The zero-order valence-electron chi connectivity index (χ0n) is 16.4. The summed E-state index contributed by atoms with van der Waals surface area (Å²) >= 11 is 1.51. The van der Waals surface area contributed by atoms with E-state index < -0.39 is 0 Å². The molecule has 4 heterocycles. The Bertz CT molecular complexity index is 676. The summed E-state index contributed by atoms with van der Waals surface area (Å²) in [4.78, 5) is 22.5. The van der Waals surface area contributed by atoms with Crippen LogP contribution in [0.5, 0.6) is 0 Å². The molecule has 27 heavy (non-hydrogen) atoms. The lowest BCUT2D eigenvalue weighted by Gasteiger charge is -2.38. The maximum atomic E-state index is 12.8. The Morgan fingerprint density at radius 3 is 2.59 bits per heavy atom. The first-order valence-electron chi connectivity index (χ1n) is 10.2. The predicted molar refractivity (Wildman–Crippen MR) is 105 cm³/mol. The van der Waals surface area contributed by atoms with Crippen LogP contribution in [0.3, 0.4) is 0 Å². The number of thiazole rings is 1. The Morgan fingerprint density at radius 1 is 1.26 bits per heavy atom. The van der Waals surface area contributed by atoms with E-state index in [0.717, 1.165) is 87.0 Å². The first-order chi connectivity index (χ1) is 12.9. The molecule has 150 valence electrons. The molecule has 3 aliphatic rings. The van der Waals surface area contributed by atoms with Crippen LogP contribution < -0.4 is 0 Å². The Balaban J connectivity index is 1.29. The van der Waals surface area contributed by atoms with Gasteiger partial charge in [-0.1, -0.05) is 0 Å². The monoisotopic (exact) mass is 393 g/mol. The van der Waals surface area contributed by atoms with Crippen LogP contribution >= 0.6 is 11.3 Å². The first kappa shape index (κ1) is 19.3. The van der Waals surface area contributed by atoms with E-state index in [2.05, 4.69) is 9.88 Å². The predicted octanol–water partition coefficient (Wildman–Crippen LogP) is 2.23. The molecule has 0 saturated carbocycles. The number of aryl methyl sites for hydroxylation is 2. The lowest BCUT2D eigenvalue weighted by molar-refractivity contribution is 0.0302. The van der Waals surface area contributed by atoms with Gasteiger partial charge in [0.1, 0.15) is 4.88 Å². The van der Waals surface area contributed by atoms with Crippen molar-refractivity contribution in [3.05, 3.63) is 15.6 Å². The summed E-state index contributed by atoms with van der Waals surface area (Å²) in [7, 11) is 0. The molecule has 7 heteroatoms. The number of piperidine rings is 2. The summed E-state index contributed by atoms with van der Waals surface area (Å²) in [5, 5.41) is 10.6. The number of nitrogens with zero attached hydrogens (tertiary/aromatic N) is 3. The SMILES string of the molecule is Cc1nc(C)c(C(=O)N2CCC3(CC2)CO[C@@H](CN2CCC(O)CC2)C3)s1. The third-order valence-electron chi connectivity index (χ3n) is 6.51. The molecule has 0 bridgehead atoms. The fourth-order valence-corrected chi connectivity index (χ4v) is 5.70. The number of hydrogen-bond donors (Lipinski definition) is 1. The molecule has 1 amide bonds. The summed E-state index contributed by atoms with van der Waals surface area (Å²) in [6, 6.07) is 0. The molecule has 1 spiro atoms. The van der Waals surface area contributed by atoms with Crippen molar-refractivity contribution in [3.63, 3.8) is 0 Å². The molecule has 0 aromatic carbocycles. The molecule has 4 rings (SSSR count). The molecule has 0 radical (unpaired) electrons. The summed E-state index contributed by atoms with van der Waals surface area (Å²) < 4.78 is 6.16. The van der Waals surface area contributed by atoms with Gasteiger partial charge in [-0.3, -0.25) is 4.79 Å². The molecule has 1 atom stereocenters. The highest BCUT2D eigenvalue weighted by Crippen LogP contribution is 2.42. The number of likely N-dealkylation sites (tertiary alicyclic amines) is 2. The molecule has 0 unspecified atom stereocenters. The lowest BCUT2D eigenvalue weighted by Crippen LogP contribution is -2.44. The van der Waals surface area contributed by atoms with Crippen molar-refractivity contribution in [2.45, 2.75) is 58.2 Å². The second-order valence-corrected chi connectivity index (χ2v) is 9.81. The number of amides is 1. The van der Waals surface area contributed by atoms with Crippen LogP contribution in [-0.4, -0.2) is 77.3 Å². The largest absolute Gasteiger partial charge is 0.393 e. The molecule has 0 aliphatic carbocycles. The molecular weight excluding hydrogens is 362 g/mol. The fraction of sp³-hybridized carbons (Fsp3) is 0.800. The summed E-state index contributed by atoms with van der Waals surface area (Å²) in [5.41, 5.74) is 1.11. The third kappa shape index (κ3) is 4.21. The topological polar surface area (TPSA) is 65.9 Å². The van der Waals surface area contributed by atoms with E-state index in [-0.39, 0.29) is 17.4 Å². The van der Waals surface area contributed by atoms with Crippen molar-refractivity contribution in [3.8, 4) is 0 Å². The lowest BCUT2D eigenvalue weighted by atomic mass is 9.76. The molecular formula is C20H31N3O3S. The van der Waals surface area contributed by atoms with E-state index in [1.165, 1.54) is 11.3 Å². The number of ether oxygens (including phenoxy) is 1. The van der Waals surface area contributed by atoms with Gasteiger partial charge in [0.2, 0.25) is 0 Å². The van der Waals surface area contributed by atoms with Crippen molar-refractivity contribution in [2.75, 3.05) is 39.3 Å². The molecule has 1 aromatic rings. The molecule has 1 N–H and O–H groups in total. The van der Waals surface area contributed by atoms with Gasteiger partial charge >= 0.3 is 0 Å². The average Bonchev–Trinajstić information content (AvgIpc) is 3.20. The van der Waals surface area contributed by atoms with Crippen LogP contribution in [0.25, 0.3) is 0 Å². The van der Waals surface area contributed by atoms with Crippen molar-refractivity contribution >= 4 is 17.2 Å². The van der Waals surface area contributed by atoms with Gasteiger partial charge in [0.05, 0.1) is 29.5 Å². The number of hydrogen-bond acceptors (Lipinski definition) is 6. The zero-order chi connectivity index (χ0) is 19.0. The van der Waals surface area contributed by atoms with Crippen LogP contribution in [0.2, 0.25) is 0 Å². The first-order valence-corrected chi connectivity index (χ1v) is 11.0. The molecule has 3 saturated heterocycles. The van der Waals surface area contributed by atoms with Crippen molar-refractivity contribution in [1.29, 1.82) is 0 Å². The highest BCUT2D eigenvalue weighted by atomic mass is 32.1. The van der Waals surface area contributed by atoms with Gasteiger partial charge in [-0.15, -0.1) is 11.3 Å². The second-order valence-electron chi connectivity index (χ2n) is 8.61. The number of aliphatic hydroxyl groups is 1. The van der Waals surface area contributed by atoms with E-state index in [4.69, 9.17) is 4.74 Å². The summed E-state index contributed by atoms with van der Waals surface area (Å²) in [6.45, 7) is 9.29. The van der Waals surface area contributed by atoms with Gasteiger partial charge in [0, 0.05) is 32.7 Å². The van der Waals surface area contributed by atoms with E-state index in [0.29, 0.717) is 6.10 Å². The van der Waals surface area contributed by atoms with Crippen LogP contribution in [-0.2, 0) is 4.74 Å². The quantitative estimate of drug-likeness (QED) is 0.853. The highest BCUT2D eigenvalue weighted by molar-refractivity contribution is 7.13. The summed E-state index contributed by atoms with van der Waals surface area (Å²) in [5.74, 6) is 0.148. The average molecular weight is 394 g/mol. The van der Waals surface area contributed by atoms with Crippen LogP contribution in [0.1, 0.15) is 52.5 Å². The minimum atomic E-state index is -0.120. The van der Waals surface area contributed by atoms with Crippen LogP contribution in [0, 0.1) is 19.3 Å². The standard InChI is InChI=1S/C20H31N3O3S/c1-14-18(27-15(2)21-14)19(25)23-9-5-20(6-10-23)11-17(26-13-20)12-22-7-3-16(24)4-8-22/h16-17,24H,3-13H2,1-2H3/t17-/m1/s1. The number of rotatable bonds is 3. The van der Waals surface area contributed by atoms with Crippen molar-refractivity contribution < 1.29 is 14.6 Å². The van der Waals surface area contributed by atoms with E-state index in [9.17, 15) is 9.90 Å². The Hall–Kier alpha value is -1.02. The molecule has 3 fully saturated rings. The Labute approximate surface area is 165 Å². The zero-order valence-corrected chi connectivity index (χ0v) is 17.3. The van der Waals surface area contributed by atoms with Crippen LogP contribution in [0.4, 0.5) is 0 Å². The maximum absolute atomic E-state index is 12.8. The fourth-order valence-electron chi connectivity index (χ4n) is 4.81. The highest BCUT2D eigenvalue weighted by Gasteiger charge is 2.43. The molecule has 3 aliphatic heterocycles. The maximum Gasteiger partial charge on any atom is 0.265 e. The normalized spacial score (nSPS) is 26.8. The Kier molecular flexibility index (Phi) is 5.56. The third-order valence-corrected chi connectivity index (χ3v) is 7.57. The number of carbonyl (C=O) groups is 1. The molecule has 1 aromatic heterocycles. The van der Waals surface area contributed by atoms with Gasteiger partial charge in [0.15, 0.2) is 0 Å². The van der Waals surface area contributed by atoms with Crippen molar-refractivity contribution in [2.24, 2.45) is 5.41 Å². The minimum absolute atomic E-state index is 0.120. The van der Waals surface area contributed by atoms with Crippen molar-refractivity contribution in [1.82, 2.24) is 14.8 Å². The van der Waals surface area contributed by atoms with E-state index in [1.807, 2.05) is 18.7 Å². The Morgan fingerprint density at radius 2 is 1.96 bits per heavy atom. The molecule has 6 nitrogen and oxygen atoms in total. The van der Waals surface area contributed by atoms with Gasteiger partial charge in [0.25, 0.3) is 5.91 Å². The van der Waals surface area contributed by atoms with Gasteiger partial charge < -0.3 is 19.6 Å². The van der Waals surface area contributed by atoms with Crippen LogP contribution in [0.15, 0.2) is 0 Å². The smallest absolute Gasteiger partial charge is 0.265 e. The minimum Gasteiger partial charge on any atom is -0.393 e. The number of aliphatic hydroxyl groups excluding tert-OH is 1. The number of aromatic nitrogens is 1. The van der Waals surface area contributed by atoms with Gasteiger partial charge in [-0.05, 0) is 51.4 Å². The second kappa shape index (κ2) is 7.78. The van der Waals surface area contributed by atoms with Gasteiger partial charge in [-0.2, -0.15) is 0 Å². The van der Waals surface area contributed by atoms with E-state index >= 15 is 0 Å². The van der Waals surface area contributed by atoms with Gasteiger partial charge in [-0.25, -0.2) is 4.98 Å². The van der Waals surface area contributed by atoms with E-state index in [1.54, 1.807) is 0 Å². The number of carbonyl (C=O) groups excluding carboxylic acids is 1.